The Balaban J connectivity index is 1.56. The second kappa shape index (κ2) is 9.59. The van der Waals surface area contributed by atoms with Crippen LogP contribution in [0.4, 0.5) is 4.39 Å². The summed E-state index contributed by atoms with van der Waals surface area (Å²) >= 11 is 15.9. The molecule has 1 aliphatic rings. The second-order valence-corrected chi connectivity index (χ2v) is 10.6. The third-order valence-electron chi connectivity index (χ3n) is 4.36. The summed E-state index contributed by atoms with van der Waals surface area (Å²) < 4.78 is 15.6. The fourth-order valence-electron chi connectivity index (χ4n) is 3.04. The van der Waals surface area contributed by atoms with E-state index in [1.165, 1.54) is 29.3 Å². The van der Waals surface area contributed by atoms with Crippen LogP contribution in [0.5, 0.6) is 0 Å². The number of carbonyl (C=O) groups is 1. The Morgan fingerprint density at radius 3 is 2.93 bits per heavy atom. The summed E-state index contributed by atoms with van der Waals surface area (Å²) in [5, 5.41) is 9.46. The zero-order valence-corrected chi connectivity index (χ0v) is 18.0. The van der Waals surface area contributed by atoms with Crippen LogP contribution in [0.25, 0.3) is 6.08 Å². The average Bonchev–Trinajstić information content (AvgIpc) is 3.30. The number of rotatable bonds is 7. The first kappa shape index (κ1) is 20.9. The lowest BCUT2D eigenvalue weighted by molar-refractivity contribution is 0.0702. The molecule has 0 aromatic carbocycles. The van der Waals surface area contributed by atoms with E-state index in [2.05, 4.69) is 10.7 Å². The molecule has 0 spiro atoms. The van der Waals surface area contributed by atoms with Gasteiger partial charge in [0.25, 0.3) is 0 Å². The number of carboxylic acids is 1. The maximum atomic E-state index is 14.3. The van der Waals surface area contributed by atoms with Gasteiger partial charge in [-0.3, -0.25) is 0 Å². The van der Waals surface area contributed by atoms with Crippen LogP contribution in [0, 0.1) is 11.8 Å². The van der Waals surface area contributed by atoms with Crippen LogP contribution in [0.15, 0.2) is 28.4 Å². The van der Waals surface area contributed by atoms with Gasteiger partial charge in [0.2, 0.25) is 0 Å². The minimum atomic E-state index is -0.968. The van der Waals surface area contributed by atoms with Gasteiger partial charge in [-0.15, -0.1) is 28.4 Å². The van der Waals surface area contributed by atoms with Crippen LogP contribution < -0.4 is 0 Å². The predicted octanol–water partition coefficient (Wildman–Crippen LogP) is 6.92. The summed E-state index contributed by atoms with van der Waals surface area (Å²) in [5.74, 6) is -0.160. The second-order valence-electron chi connectivity index (χ2n) is 6.10. The fourth-order valence-corrected chi connectivity index (χ4v) is 6.26. The highest BCUT2D eigenvalue weighted by Crippen LogP contribution is 2.39. The number of thiophene rings is 1. The van der Waals surface area contributed by atoms with Crippen LogP contribution in [0.1, 0.15) is 33.8 Å². The molecular formula is C18H16Cl2FNO2S3. The molecule has 3 nitrogen and oxygen atoms in total. The summed E-state index contributed by atoms with van der Waals surface area (Å²) in [6.45, 7) is 0. The van der Waals surface area contributed by atoms with Gasteiger partial charge in [-0.1, -0.05) is 35.0 Å². The molecule has 0 amide bonds. The van der Waals surface area contributed by atoms with Crippen molar-refractivity contribution >= 4 is 69.7 Å². The summed E-state index contributed by atoms with van der Waals surface area (Å²) in [5.41, 5.74) is 3.15. The molecule has 0 radical (unpaired) electrons. The summed E-state index contributed by atoms with van der Waals surface area (Å²) in [6.07, 6.45) is 6.41. The number of halogens is 3. The first-order chi connectivity index (χ1) is 12.9. The van der Waals surface area contributed by atoms with Gasteiger partial charge in [-0.2, -0.15) is 0 Å². The van der Waals surface area contributed by atoms with E-state index >= 15 is 0 Å². The molecule has 1 N–H and O–H groups in total. The number of aromatic carboxylic acids is 1. The summed E-state index contributed by atoms with van der Waals surface area (Å²) in [4.78, 5) is 16.1. The highest BCUT2D eigenvalue weighted by molar-refractivity contribution is 8.01. The van der Waals surface area contributed by atoms with Gasteiger partial charge in [0.1, 0.15) is 15.4 Å². The van der Waals surface area contributed by atoms with Gasteiger partial charge in [-0.25, -0.2) is 14.2 Å². The summed E-state index contributed by atoms with van der Waals surface area (Å²) in [7, 11) is 0. The Morgan fingerprint density at radius 2 is 2.26 bits per heavy atom. The molecule has 3 atom stereocenters. The molecule has 0 bridgehead atoms. The fraction of sp³-hybridized carbons (Fsp3) is 0.389. The van der Waals surface area contributed by atoms with Crippen molar-refractivity contribution in [3.05, 3.63) is 43.2 Å². The molecule has 27 heavy (non-hydrogen) atoms. The van der Waals surface area contributed by atoms with Crippen LogP contribution in [-0.2, 0) is 0 Å². The van der Waals surface area contributed by atoms with E-state index < -0.39 is 12.1 Å². The Bertz CT molecular complexity index is 856. The molecule has 0 unspecified atom stereocenters. The smallest absolute Gasteiger partial charge is 0.347 e. The SMILES string of the molecule is O=C(O)c1cnc(SCC[C@H]2[C@H](F)CC[C@@H]2C=C=Cc2cc(Cl)c(Cl)s2)s1. The van der Waals surface area contributed by atoms with Gasteiger partial charge in [-0.05, 0) is 49.3 Å². The van der Waals surface area contributed by atoms with Crippen molar-refractivity contribution in [2.45, 2.75) is 29.8 Å². The van der Waals surface area contributed by atoms with Crippen LogP contribution in [0.2, 0.25) is 9.36 Å². The highest BCUT2D eigenvalue weighted by atomic mass is 35.5. The number of hydrogen-bond donors (Lipinski definition) is 1. The number of hydrogen-bond acceptors (Lipinski definition) is 5. The number of thiazole rings is 1. The zero-order chi connectivity index (χ0) is 19.4. The average molecular weight is 464 g/mol. The molecule has 0 aliphatic heterocycles. The molecule has 2 aromatic rings. The minimum absolute atomic E-state index is 0.0483. The van der Waals surface area contributed by atoms with Crippen molar-refractivity contribution in [1.82, 2.24) is 4.98 Å². The standard InChI is InChI=1S/C18H16Cl2FNO2S3/c19-13-8-11(26-16(13)20)3-1-2-10-4-5-14(21)12(10)6-7-25-18-22-9-15(27-18)17(23)24/h2-3,8-10,12,14H,4-7H2,(H,23,24)/t1?,10-,12+,14+/m0/s1. The Kier molecular flexibility index (Phi) is 7.42. The van der Waals surface area contributed by atoms with Crippen LogP contribution in [0.3, 0.4) is 0 Å². The molecule has 1 saturated carbocycles. The first-order valence-electron chi connectivity index (χ1n) is 8.27. The number of carboxylic acid groups (broad SMARTS) is 1. The third-order valence-corrected chi connectivity index (χ3v) is 8.35. The molecule has 1 aliphatic carbocycles. The Morgan fingerprint density at radius 1 is 1.44 bits per heavy atom. The van der Waals surface area contributed by atoms with E-state index in [1.54, 1.807) is 6.07 Å². The molecule has 3 rings (SSSR count). The highest BCUT2D eigenvalue weighted by Gasteiger charge is 2.34. The maximum Gasteiger partial charge on any atom is 0.347 e. The van der Waals surface area contributed by atoms with Gasteiger partial charge in [0.15, 0.2) is 4.34 Å². The number of nitrogens with zero attached hydrogens (tertiary/aromatic N) is 1. The van der Waals surface area contributed by atoms with Crippen molar-refractivity contribution in [2.75, 3.05) is 5.75 Å². The maximum absolute atomic E-state index is 14.3. The monoisotopic (exact) mass is 463 g/mol. The normalized spacial score (nSPS) is 21.8. The largest absolute Gasteiger partial charge is 0.477 e. The molecule has 2 heterocycles. The Hall–Kier alpha value is -0.820. The lowest BCUT2D eigenvalue weighted by Gasteiger charge is -2.17. The predicted molar refractivity (Wildman–Crippen MR) is 112 cm³/mol. The van der Waals surface area contributed by atoms with E-state index in [0.717, 1.165) is 22.6 Å². The van der Waals surface area contributed by atoms with E-state index in [0.29, 0.717) is 32.3 Å². The number of allylic oxidation sites excluding steroid dienone is 1. The first-order valence-corrected chi connectivity index (χ1v) is 11.6. The van der Waals surface area contributed by atoms with Crippen molar-refractivity contribution in [3.8, 4) is 0 Å². The molecule has 2 aromatic heterocycles. The van der Waals surface area contributed by atoms with Crippen LogP contribution in [-0.4, -0.2) is 28.0 Å². The van der Waals surface area contributed by atoms with E-state index in [9.17, 15) is 9.18 Å². The van der Waals surface area contributed by atoms with Crippen molar-refractivity contribution < 1.29 is 14.3 Å². The molecular weight excluding hydrogens is 448 g/mol. The third kappa shape index (κ3) is 5.59. The van der Waals surface area contributed by atoms with E-state index in [-0.39, 0.29) is 16.7 Å². The minimum Gasteiger partial charge on any atom is -0.477 e. The zero-order valence-electron chi connectivity index (χ0n) is 14.0. The molecule has 9 heteroatoms. The van der Waals surface area contributed by atoms with Gasteiger partial charge < -0.3 is 5.11 Å². The van der Waals surface area contributed by atoms with Crippen molar-refractivity contribution in [2.24, 2.45) is 11.8 Å². The van der Waals surface area contributed by atoms with Crippen molar-refractivity contribution in [1.29, 1.82) is 0 Å². The van der Waals surface area contributed by atoms with E-state index in [1.807, 2.05) is 12.2 Å². The van der Waals surface area contributed by atoms with Gasteiger partial charge in [0, 0.05) is 10.6 Å². The van der Waals surface area contributed by atoms with E-state index in [4.69, 9.17) is 28.3 Å². The lowest BCUT2D eigenvalue weighted by Crippen LogP contribution is -2.15. The van der Waals surface area contributed by atoms with Gasteiger partial charge >= 0.3 is 5.97 Å². The topological polar surface area (TPSA) is 50.2 Å². The number of aromatic nitrogens is 1. The van der Waals surface area contributed by atoms with Crippen LogP contribution >= 0.6 is 57.6 Å². The van der Waals surface area contributed by atoms with Crippen molar-refractivity contribution in [3.63, 3.8) is 0 Å². The quantitative estimate of drug-likeness (QED) is 0.357. The van der Waals surface area contributed by atoms with Gasteiger partial charge in [0.05, 0.1) is 11.2 Å². The Labute approximate surface area is 178 Å². The molecule has 0 saturated heterocycles. The molecule has 144 valence electrons. The summed E-state index contributed by atoms with van der Waals surface area (Å²) in [6, 6.07) is 1.79. The number of thioether (sulfide) groups is 1. The molecule has 1 fully saturated rings. The number of alkyl halides is 1. The lowest BCUT2D eigenvalue weighted by atomic mass is 9.93.